The maximum absolute atomic E-state index is 13.4. The van der Waals surface area contributed by atoms with Crippen molar-refractivity contribution >= 4 is 28.2 Å². The quantitative estimate of drug-likeness (QED) is 0.586. The van der Waals surface area contributed by atoms with Gasteiger partial charge in [0.15, 0.2) is 0 Å². The molecule has 140 valence electrons. The van der Waals surface area contributed by atoms with Gasteiger partial charge < -0.3 is 5.11 Å². The molecule has 0 aliphatic heterocycles. The molecule has 0 radical (unpaired) electrons. The van der Waals surface area contributed by atoms with E-state index in [9.17, 15) is 9.50 Å². The highest BCUT2D eigenvalue weighted by Gasteiger charge is 2.27. The summed E-state index contributed by atoms with van der Waals surface area (Å²) in [5.74, 6) is 0.739. The van der Waals surface area contributed by atoms with Crippen molar-refractivity contribution in [3.05, 3.63) is 64.5 Å². The SMILES string of the molecule is CC(C)(C)c1cc(C(=S)SCc2cccc(F)c2)cc(C(C)(C)C)c1O. The van der Waals surface area contributed by atoms with Gasteiger partial charge in [0.2, 0.25) is 0 Å². The topological polar surface area (TPSA) is 20.2 Å². The fraction of sp³-hybridized carbons (Fsp3) is 0.409. The summed E-state index contributed by atoms with van der Waals surface area (Å²) in [5, 5.41) is 10.8. The number of phenols is 1. The third-order valence-electron chi connectivity index (χ3n) is 4.22. The zero-order valence-corrected chi connectivity index (χ0v) is 17.9. The molecule has 1 nitrogen and oxygen atoms in total. The van der Waals surface area contributed by atoms with Gasteiger partial charge in [0, 0.05) is 16.9 Å². The summed E-state index contributed by atoms with van der Waals surface area (Å²) in [5.41, 5.74) is 3.26. The van der Waals surface area contributed by atoms with Gasteiger partial charge in [-0.25, -0.2) is 4.39 Å². The Morgan fingerprint density at radius 1 is 1.00 bits per heavy atom. The van der Waals surface area contributed by atoms with Crippen LogP contribution in [0.2, 0.25) is 0 Å². The molecule has 0 bridgehead atoms. The van der Waals surface area contributed by atoms with Crippen LogP contribution < -0.4 is 0 Å². The van der Waals surface area contributed by atoms with Gasteiger partial charge >= 0.3 is 0 Å². The molecule has 2 aromatic rings. The number of halogens is 1. The van der Waals surface area contributed by atoms with Gasteiger partial charge in [-0.15, -0.1) is 11.8 Å². The first-order valence-corrected chi connectivity index (χ1v) is 10.1. The van der Waals surface area contributed by atoms with Gasteiger partial charge in [-0.2, -0.15) is 0 Å². The molecule has 0 unspecified atom stereocenters. The van der Waals surface area contributed by atoms with Crippen LogP contribution in [0.5, 0.6) is 5.75 Å². The Morgan fingerprint density at radius 3 is 2.00 bits per heavy atom. The molecular weight excluding hydrogens is 363 g/mol. The van der Waals surface area contributed by atoms with Crippen molar-refractivity contribution in [2.45, 2.75) is 58.1 Å². The maximum atomic E-state index is 13.4. The lowest BCUT2D eigenvalue weighted by molar-refractivity contribution is 0.423. The average Bonchev–Trinajstić information content (AvgIpc) is 2.50. The predicted molar refractivity (Wildman–Crippen MR) is 115 cm³/mol. The molecule has 0 amide bonds. The Kier molecular flexibility index (Phi) is 6.19. The Labute approximate surface area is 166 Å². The van der Waals surface area contributed by atoms with Crippen LogP contribution in [0, 0.1) is 5.82 Å². The molecule has 0 aliphatic rings. The van der Waals surface area contributed by atoms with Crippen LogP contribution in [0.25, 0.3) is 0 Å². The summed E-state index contributed by atoms with van der Waals surface area (Å²) in [4.78, 5) is 0. The van der Waals surface area contributed by atoms with Gasteiger partial charge in [0.25, 0.3) is 0 Å². The van der Waals surface area contributed by atoms with E-state index in [1.165, 1.54) is 23.9 Å². The van der Waals surface area contributed by atoms with Gasteiger partial charge in [0.05, 0.1) is 4.20 Å². The van der Waals surface area contributed by atoms with E-state index >= 15 is 0 Å². The van der Waals surface area contributed by atoms with Crippen molar-refractivity contribution < 1.29 is 9.50 Å². The maximum Gasteiger partial charge on any atom is 0.123 e. The van der Waals surface area contributed by atoms with Crippen molar-refractivity contribution in [2.75, 3.05) is 0 Å². The van der Waals surface area contributed by atoms with E-state index in [4.69, 9.17) is 12.2 Å². The number of benzene rings is 2. The average molecular weight is 391 g/mol. The number of hydrogen-bond acceptors (Lipinski definition) is 3. The van der Waals surface area contributed by atoms with E-state index in [-0.39, 0.29) is 16.6 Å². The molecule has 0 spiro atoms. The van der Waals surface area contributed by atoms with Crippen molar-refractivity contribution in [1.29, 1.82) is 0 Å². The summed E-state index contributed by atoms with van der Waals surface area (Å²) in [6, 6.07) is 10.6. The van der Waals surface area contributed by atoms with Gasteiger partial charge in [-0.05, 0) is 46.2 Å². The van der Waals surface area contributed by atoms with Gasteiger partial charge in [0.1, 0.15) is 11.6 Å². The molecule has 2 aromatic carbocycles. The molecule has 0 fully saturated rings. The largest absolute Gasteiger partial charge is 0.507 e. The molecule has 0 heterocycles. The van der Waals surface area contributed by atoms with Crippen molar-refractivity contribution in [1.82, 2.24) is 0 Å². The van der Waals surface area contributed by atoms with Crippen LogP contribution in [-0.4, -0.2) is 9.30 Å². The first-order chi connectivity index (χ1) is 11.9. The fourth-order valence-corrected chi connectivity index (χ4v) is 3.81. The van der Waals surface area contributed by atoms with E-state index < -0.39 is 0 Å². The molecular formula is C22H27FOS2. The Morgan fingerprint density at radius 2 is 1.54 bits per heavy atom. The van der Waals surface area contributed by atoms with E-state index in [1.54, 1.807) is 6.07 Å². The minimum absolute atomic E-state index is 0.192. The molecule has 0 aromatic heterocycles. The summed E-state index contributed by atoms with van der Waals surface area (Å²) in [6.45, 7) is 12.5. The van der Waals surface area contributed by atoms with E-state index in [0.717, 1.165) is 26.5 Å². The first kappa shape index (κ1) is 20.9. The minimum Gasteiger partial charge on any atom is -0.507 e. The van der Waals surface area contributed by atoms with Crippen LogP contribution in [0.15, 0.2) is 36.4 Å². The molecule has 2 rings (SSSR count). The monoisotopic (exact) mass is 390 g/mol. The highest BCUT2D eigenvalue weighted by molar-refractivity contribution is 8.23. The highest BCUT2D eigenvalue weighted by Crippen LogP contribution is 2.40. The van der Waals surface area contributed by atoms with Crippen LogP contribution in [0.3, 0.4) is 0 Å². The van der Waals surface area contributed by atoms with Crippen LogP contribution >= 0.6 is 24.0 Å². The lowest BCUT2D eigenvalue weighted by Crippen LogP contribution is -2.18. The summed E-state index contributed by atoms with van der Waals surface area (Å²) in [6.07, 6.45) is 0. The standard InChI is InChI=1S/C22H27FOS2/c1-21(2,3)17-11-15(12-18(19(17)24)22(4,5)6)20(25)26-13-14-8-7-9-16(23)10-14/h7-12,24H,13H2,1-6H3. The molecule has 26 heavy (non-hydrogen) atoms. The van der Waals surface area contributed by atoms with Crippen molar-refractivity contribution in [3.8, 4) is 5.75 Å². The summed E-state index contributed by atoms with van der Waals surface area (Å²) >= 11 is 7.17. The van der Waals surface area contributed by atoms with E-state index in [0.29, 0.717) is 11.5 Å². The lowest BCUT2D eigenvalue weighted by atomic mass is 9.78. The number of thiocarbonyl (C=S) groups is 1. The third-order valence-corrected chi connectivity index (χ3v) is 5.79. The number of phenolic OH excluding ortho intramolecular Hbond substituents is 1. The molecule has 0 atom stereocenters. The predicted octanol–water partition coefficient (Wildman–Crippen LogP) is 6.74. The second kappa shape index (κ2) is 7.69. The number of aromatic hydroxyl groups is 1. The van der Waals surface area contributed by atoms with Crippen LogP contribution in [0.1, 0.15) is 63.8 Å². The molecule has 1 N–H and O–H groups in total. The van der Waals surface area contributed by atoms with E-state index in [1.807, 2.05) is 18.2 Å². The van der Waals surface area contributed by atoms with Crippen molar-refractivity contribution in [2.24, 2.45) is 0 Å². The number of rotatable bonds is 3. The van der Waals surface area contributed by atoms with Crippen molar-refractivity contribution in [3.63, 3.8) is 0 Å². The first-order valence-electron chi connectivity index (χ1n) is 8.69. The zero-order chi connectivity index (χ0) is 19.7. The van der Waals surface area contributed by atoms with E-state index in [2.05, 4.69) is 41.5 Å². The Balaban J connectivity index is 2.37. The number of hydrogen-bond donors (Lipinski definition) is 1. The molecule has 4 heteroatoms. The second-order valence-electron chi connectivity index (χ2n) is 8.63. The lowest BCUT2D eigenvalue weighted by Gasteiger charge is -2.28. The number of thioether (sulfide) groups is 1. The molecule has 0 aliphatic carbocycles. The normalized spacial score (nSPS) is 12.3. The zero-order valence-electron chi connectivity index (χ0n) is 16.3. The smallest absolute Gasteiger partial charge is 0.123 e. The Hall–Kier alpha value is -1.39. The Bertz CT molecular complexity index is 779. The second-order valence-corrected chi connectivity index (χ2v) is 10.3. The minimum atomic E-state index is -0.233. The van der Waals surface area contributed by atoms with Crippen LogP contribution in [-0.2, 0) is 16.6 Å². The van der Waals surface area contributed by atoms with Crippen LogP contribution in [0.4, 0.5) is 4.39 Å². The summed E-state index contributed by atoms with van der Waals surface area (Å²) in [7, 11) is 0. The fourth-order valence-electron chi connectivity index (χ4n) is 2.75. The highest BCUT2D eigenvalue weighted by atomic mass is 32.2. The molecule has 0 saturated carbocycles. The third kappa shape index (κ3) is 5.08. The van der Waals surface area contributed by atoms with Gasteiger partial charge in [-0.1, -0.05) is 65.9 Å². The molecule has 0 saturated heterocycles. The summed E-state index contributed by atoms with van der Waals surface area (Å²) < 4.78 is 14.1. The van der Waals surface area contributed by atoms with Gasteiger partial charge in [-0.3, -0.25) is 0 Å².